The minimum Gasteiger partial charge on any atom is -0.478 e. The van der Waals surface area contributed by atoms with Crippen LogP contribution in [0.4, 0.5) is 0 Å². The highest BCUT2D eigenvalue weighted by atomic mass is 16.4. The third kappa shape index (κ3) is 2.69. The zero-order valence-corrected chi connectivity index (χ0v) is 12.1. The van der Waals surface area contributed by atoms with Crippen molar-refractivity contribution in [2.24, 2.45) is 0 Å². The number of hydrogen-bond acceptors (Lipinski definition) is 2. The van der Waals surface area contributed by atoms with Crippen molar-refractivity contribution in [3.8, 4) is 11.1 Å². The van der Waals surface area contributed by atoms with Crippen LogP contribution in [0.5, 0.6) is 0 Å². The largest absolute Gasteiger partial charge is 0.478 e. The summed E-state index contributed by atoms with van der Waals surface area (Å²) in [5.41, 5.74) is 5.33. The number of rotatable bonds is 3. The SMILES string of the molecule is CNC1CCCc2ccc(-c3ccc(C(=O)O)cc3)cc21. The summed E-state index contributed by atoms with van der Waals surface area (Å²) >= 11 is 0. The van der Waals surface area contributed by atoms with Crippen LogP contribution in [-0.2, 0) is 6.42 Å². The first-order valence-electron chi connectivity index (χ1n) is 7.33. The number of nitrogens with one attached hydrogen (secondary N) is 1. The summed E-state index contributed by atoms with van der Waals surface area (Å²) in [4.78, 5) is 10.9. The van der Waals surface area contributed by atoms with Gasteiger partial charge < -0.3 is 10.4 Å². The van der Waals surface area contributed by atoms with Gasteiger partial charge in [-0.25, -0.2) is 4.79 Å². The molecule has 0 heterocycles. The molecule has 2 aromatic carbocycles. The van der Waals surface area contributed by atoms with Crippen LogP contribution in [0.1, 0.15) is 40.4 Å². The van der Waals surface area contributed by atoms with E-state index in [1.807, 2.05) is 19.2 Å². The van der Waals surface area contributed by atoms with Crippen LogP contribution in [0.2, 0.25) is 0 Å². The van der Waals surface area contributed by atoms with Crippen LogP contribution in [0.3, 0.4) is 0 Å². The van der Waals surface area contributed by atoms with Crippen LogP contribution >= 0.6 is 0 Å². The maximum atomic E-state index is 10.9. The molecule has 2 N–H and O–H groups in total. The summed E-state index contributed by atoms with van der Waals surface area (Å²) in [6, 6.07) is 14.1. The van der Waals surface area contributed by atoms with Gasteiger partial charge in [0.2, 0.25) is 0 Å². The first kappa shape index (κ1) is 13.8. The molecule has 0 saturated heterocycles. The molecule has 0 aromatic heterocycles. The lowest BCUT2D eigenvalue weighted by Gasteiger charge is -2.25. The highest BCUT2D eigenvalue weighted by Crippen LogP contribution is 2.33. The van der Waals surface area contributed by atoms with Gasteiger partial charge in [-0.15, -0.1) is 0 Å². The van der Waals surface area contributed by atoms with Crippen LogP contribution in [0, 0.1) is 0 Å². The summed E-state index contributed by atoms with van der Waals surface area (Å²) < 4.78 is 0. The van der Waals surface area contributed by atoms with Crippen LogP contribution in [-0.4, -0.2) is 18.1 Å². The van der Waals surface area contributed by atoms with E-state index in [9.17, 15) is 4.79 Å². The van der Waals surface area contributed by atoms with Gasteiger partial charge in [-0.2, -0.15) is 0 Å². The molecule has 1 atom stereocenters. The normalized spacial score (nSPS) is 17.3. The van der Waals surface area contributed by atoms with Gasteiger partial charge in [-0.05, 0) is 66.8 Å². The molecule has 0 fully saturated rings. The standard InChI is InChI=1S/C18H19NO2/c1-19-17-4-2-3-13-7-10-15(11-16(13)17)12-5-8-14(9-6-12)18(20)21/h5-11,17,19H,2-4H2,1H3,(H,20,21). The average molecular weight is 281 g/mol. The molecule has 3 heteroatoms. The molecule has 0 radical (unpaired) electrons. The monoisotopic (exact) mass is 281 g/mol. The fourth-order valence-electron chi connectivity index (χ4n) is 3.08. The third-order valence-corrected chi connectivity index (χ3v) is 4.27. The lowest BCUT2D eigenvalue weighted by Crippen LogP contribution is -2.21. The highest BCUT2D eigenvalue weighted by Gasteiger charge is 2.19. The van der Waals surface area contributed by atoms with E-state index in [1.165, 1.54) is 24.0 Å². The molecule has 3 rings (SSSR count). The molecular formula is C18H19NO2. The molecule has 0 saturated carbocycles. The van der Waals surface area contributed by atoms with Crippen molar-refractivity contribution in [2.75, 3.05) is 7.05 Å². The van der Waals surface area contributed by atoms with Gasteiger partial charge in [0, 0.05) is 6.04 Å². The van der Waals surface area contributed by atoms with Gasteiger partial charge in [0.05, 0.1) is 5.56 Å². The molecule has 0 bridgehead atoms. The quantitative estimate of drug-likeness (QED) is 0.903. The predicted molar refractivity (Wildman–Crippen MR) is 83.6 cm³/mol. The molecule has 1 aliphatic carbocycles. The molecule has 2 aromatic rings. The molecule has 108 valence electrons. The smallest absolute Gasteiger partial charge is 0.335 e. The van der Waals surface area contributed by atoms with Crippen molar-refractivity contribution in [3.05, 3.63) is 59.2 Å². The van der Waals surface area contributed by atoms with Gasteiger partial charge >= 0.3 is 5.97 Å². The lowest BCUT2D eigenvalue weighted by atomic mass is 9.85. The number of hydrogen-bond donors (Lipinski definition) is 2. The fraction of sp³-hybridized carbons (Fsp3) is 0.278. The Kier molecular flexibility index (Phi) is 3.76. The maximum absolute atomic E-state index is 10.9. The van der Waals surface area contributed by atoms with Crippen molar-refractivity contribution in [2.45, 2.75) is 25.3 Å². The van der Waals surface area contributed by atoms with Crippen LogP contribution in [0.25, 0.3) is 11.1 Å². The Balaban J connectivity index is 1.97. The molecule has 1 unspecified atom stereocenters. The molecular weight excluding hydrogens is 262 g/mol. The predicted octanol–water partition coefficient (Wildman–Crippen LogP) is 3.65. The second-order valence-electron chi connectivity index (χ2n) is 5.53. The maximum Gasteiger partial charge on any atom is 0.335 e. The second kappa shape index (κ2) is 5.70. The van der Waals surface area contributed by atoms with E-state index in [0.717, 1.165) is 17.5 Å². The first-order valence-corrected chi connectivity index (χ1v) is 7.33. The average Bonchev–Trinajstić information content (AvgIpc) is 2.53. The van der Waals surface area contributed by atoms with Gasteiger partial charge in [0.1, 0.15) is 0 Å². The Morgan fingerprint density at radius 1 is 1.14 bits per heavy atom. The topological polar surface area (TPSA) is 49.3 Å². The summed E-state index contributed by atoms with van der Waals surface area (Å²) in [6.07, 6.45) is 3.54. The van der Waals surface area contributed by atoms with Crippen molar-refractivity contribution in [1.82, 2.24) is 5.32 Å². The Labute approximate surface area is 124 Å². The lowest BCUT2D eigenvalue weighted by molar-refractivity contribution is 0.0697. The van der Waals surface area contributed by atoms with Gasteiger partial charge in [0.25, 0.3) is 0 Å². The number of fused-ring (bicyclic) bond motifs is 1. The van der Waals surface area contributed by atoms with E-state index < -0.39 is 5.97 Å². The Morgan fingerprint density at radius 2 is 1.86 bits per heavy atom. The minimum absolute atomic E-state index is 0.324. The summed E-state index contributed by atoms with van der Waals surface area (Å²) in [7, 11) is 2.01. The summed E-state index contributed by atoms with van der Waals surface area (Å²) in [5.74, 6) is -0.887. The molecule has 3 nitrogen and oxygen atoms in total. The number of benzene rings is 2. The highest BCUT2D eigenvalue weighted by molar-refractivity contribution is 5.88. The molecule has 0 amide bonds. The Bertz CT molecular complexity index is 661. The summed E-state index contributed by atoms with van der Waals surface area (Å²) in [6.45, 7) is 0. The van der Waals surface area contributed by atoms with E-state index in [1.54, 1.807) is 12.1 Å². The Morgan fingerprint density at radius 3 is 2.52 bits per heavy atom. The van der Waals surface area contributed by atoms with E-state index in [4.69, 9.17) is 5.11 Å². The van der Waals surface area contributed by atoms with Crippen LogP contribution in [0.15, 0.2) is 42.5 Å². The third-order valence-electron chi connectivity index (χ3n) is 4.27. The van der Waals surface area contributed by atoms with Crippen LogP contribution < -0.4 is 5.32 Å². The number of carboxylic acids is 1. The molecule has 0 aliphatic heterocycles. The van der Waals surface area contributed by atoms with E-state index in [2.05, 4.69) is 23.5 Å². The van der Waals surface area contributed by atoms with Crippen molar-refractivity contribution < 1.29 is 9.90 Å². The Hall–Kier alpha value is -2.13. The van der Waals surface area contributed by atoms with Crippen molar-refractivity contribution in [3.63, 3.8) is 0 Å². The van der Waals surface area contributed by atoms with E-state index >= 15 is 0 Å². The van der Waals surface area contributed by atoms with Gasteiger partial charge in [-0.3, -0.25) is 0 Å². The summed E-state index contributed by atoms with van der Waals surface area (Å²) in [5, 5.41) is 12.3. The van der Waals surface area contributed by atoms with E-state index in [0.29, 0.717) is 11.6 Å². The number of aryl methyl sites for hydroxylation is 1. The fourth-order valence-corrected chi connectivity index (χ4v) is 3.08. The minimum atomic E-state index is -0.887. The number of carbonyl (C=O) groups is 1. The molecule has 0 spiro atoms. The molecule has 1 aliphatic rings. The second-order valence-corrected chi connectivity index (χ2v) is 5.53. The number of aromatic carboxylic acids is 1. The van der Waals surface area contributed by atoms with Gasteiger partial charge in [0.15, 0.2) is 0 Å². The van der Waals surface area contributed by atoms with Gasteiger partial charge in [-0.1, -0.05) is 24.3 Å². The van der Waals surface area contributed by atoms with Crippen molar-refractivity contribution >= 4 is 5.97 Å². The number of carboxylic acid groups (broad SMARTS) is 1. The van der Waals surface area contributed by atoms with E-state index in [-0.39, 0.29) is 0 Å². The first-order chi connectivity index (χ1) is 10.2. The van der Waals surface area contributed by atoms with Crippen molar-refractivity contribution in [1.29, 1.82) is 0 Å². The molecule has 21 heavy (non-hydrogen) atoms. The zero-order chi connectivity index (χ0) is 14.8. The zero-order valence-electron chi connectivity index (χ0n) is 12.1.